The molecule has 0 unspecified atom stereocenters. The number of nitrogens with one attached hydrogen (secondary N) is 2. The van der Waals surface area contributed by atoms with Crippen LogP contribution in [0.1, 0.15) is 70.1 Å². The third-order valence-electron chi connectivity index (χ3n) is 7.28. The number of amides is 1. The van der Waals surface area contributed by atoms with Crippen LogP contribution in [0.3, 0.4) is 0 Å². The molecule has 8 heteroatoms. The molecule has 186 valence electrons. The first-order valence-corrected chi connectivity index (χ1v) is 13.0. The van der Waals surface area contributed by atoms with E-state index in [0.29, 0.717) is 28.7 Å². The molecule has 6 rings (SSSR count). The molecule has 2 N–H and O–H groups in total. The predicted molar refractivity (Wildman–Crippen MR) is 137 cm³/mol. The first-order valence-electron chi connectivity index (χ1n) is 12.2. The van der Waals surface area contributed by atoms with Crippen LogP contribution < -0.4 is 24.8 Å². The van der Waals surface area contributed by atoms with Gasteiger partial charge in [0, 0.05) is 4.88 Å². The Hall–Kier alpha value is -3.52. The highest BCUT2D eigenvalue weighted by molar-refractivity contribution is 7.16. The zero-order chi connectivity index (χ0) is 25.0. The molecule has 0 saturated carbocycles. The molecule has 1 amide bonds. The van der Waals surface area contributed by atoms with E-state index in [1.807, 2.05) is 12.1 Å². The van der Waals surface area contributed by atoms with Gasteiger partial charge in [-0.05, 0) is 72.1 Å². The molecule has 1 aromatic heterocycles. The molecule has 3 aromatic rings. The number of thiophene rings is 1. The minimum atomic E-state index is -0.493. The number of carbonyl (C=O) groups is 2. The maximum absolute atomic E-state index is 13.2. The monoisotopic (exact) mass is 504 g/mol. The Bertz CT molecular complexity index is 1370. The maximum Gasteiger partial charge on any atom is 0.343 e. The van der Waals surface area contributed by atoms with Crippen molar-refractivity contribution in [1.29, 1.82) is 0 Å². The standard InChI is InChI=1S/C28H28N2O5S/c1-28(2,3)17-8-9-19-22(13-17)36-26-23(19)25(31)29-24(30-26)15-5-4-6-18(11-15)35-27(32)16-7-10-20-21(12-16)34-14-33-20/h4-7,10-12,17,24,30H,8-9,13-14H2,1-3H3,(H,29,31)/t17-,24-/m1/s1. The molecular formula is C28H28N2O5S. The Morgan fingerprint density at radius 2 is 1.92 bits per heavy atom. The Morgan fingerprint density at radius 1 is 1.08 bits per heavy atom. The number of anilines is 1. The summed E-state index contributed by atoms with van der Waals surface area (Å²) in [7, 11) is 0. The fourth-order valence-electron chi connectivity index (χ4n) is 5.15. The molecule has 36 heavy (non-hydrogen) atoms. The smallest absolute Gasteiger partial charge is 0.343 e. The zero-order valence-corrected chi connectivity index (χ0v) is 21.3. The van der Waals surface area contributed by atoms with Crippen LogP contribution in [0.2, 0.25) is 0 Å². The lowest BCUT2D eigenvalue weighted by atomic mass is 9.72. The van der Waals surface area contributed by atoms with Crippen LogP contribution in [0, 0.1) is 11.3 Å². The van der Waals surface area contributed by atoms with Crippen molar-refractivity contribution in [2.75, 3.05) is 12.1 Å². The molecule has 3 heterocycles. The van der Waals surface area contributed by atoms with E-state index >= 15 is 0 Å². The average Bonchev–Trinajstić information content (AvgIpc) is 3.47. The summed E-state index contributed by atoms with van der Waals surface area (Å²) in [6, 6.07) is 12.2. The van der Waals surface area contributed by atoms with Crippen LogP contribution in [0.25, 0.3) is 0 Å². The highest BCUT2D eigenvalue weighted by atomic mass is 32.1. The summed E-state index contributed by atoms with van der Waals surface area (Å²) in [5.74, 6) is 1.60. The number of hydrogen-bond acceptors (Lipinski definition) is 7. The number of rotatable bonds is 3. The molecule has 1 aliphatic carbocycles. The minimum Gasteiger partial charge on any atom is -0.454 e. The second-order valence-corrected chi connectivity index (χ2v) is 11.7. The molecule has 0 radical (unpaired) electrons. The third kappa shape index (κ3) is 4.09. The Kier molecular flexibility index (Phi) is 5.44. The molecule has 2 atom stereocenters. The number of benzene rings is 2. The van der Waals surface area contributed by atoms with Crippen LogP contribution in [0.4, 0.5) is 5.00 Å². The number of ether oxygens (including phenoxy) is 3. The van der Waals surface area contributed by atoms with Crippen LogP contribution in [0.5, 0.6) is 17.2 Å². The molecule has 0 fully saturated rings. The molecule has 3 aliphatic rings. The summed E-state index contributed by atoms with van der Waals surface area (Å²) in [6.07, 6.45) is 2.65. The van der Waals surface area contributed by atoms with Gasteiger partial charge in [-0.3, -0.25) is 4.79 Å². The van der Waals surface area contributed by atoms with Gasteiger partial charge in [0.15, 0.2) is 11.5 Å². The van der Waals surface area contributed by atoms with Crippen molar-refractivity contribution in [3.63, 3.8) is 0 Å². The minimum absolute atomic E-state index is 0.0526. The first kappa shape index (κ1) is 22.9. The number of hydrogen-bond donors (Lipinski definition) is 2. The van der Waals surface area contributed by atoms with Crippen molar-refractivity contribution >= 4 is 28.2 Å². The largest absolute Gasteiger partial charge is 0.454 e. The van der Waals surface area contributed by atoms with E-state index in [2.05, 4.69) is 31.4 Å². The molecule has 2 aromatic carbocycles. The van der Waals surface area contributed by atoms with E-state index in [1.165, 1.54) is 10.4 Å². The fourth-order valence-corrected chi connectivity index (χ4v) is 6.50. The van der Waals surface area contributed by atoms with E-state index in [9.17, 15) is 9.59 Å². The van der Waals surface area contributed by atoms with Gasteiger partial charge in [0.1, 0.15) is 16.9 Å². The molecule has 7 nitrogen and oxygen atoms in total. The van der Waals surface area contributed by atoms with Gasteiger partial charge in [-0.2, -0.15) is 0 Å². The maximum atomic E-state index is 13.2. The third-order valence-corrected chi connectivity index (χ3v) is 8.46. The van der Waals surface area contributed by atoms with E-state index in [0.717, 1.165) is 35.4 Å². The molecule has 0 saturated heterocycles. The van der Waals surface area contributed by atoms with Gasteiger partial charge >= 0.3 is 5.97 Å². The van der Waals surface area contributed by atoms with Gasteiger partial charge in [-0.1, -0.05) is 32.9 Å². The van der Waals surface area contributed by atoms with Gasteiger partial charge in [0.25, 0.3) is 5.91 Å². The average molecular weight is 505 g/mol. The van der Waals surface area contributed by atoms with Gasteiger partial charge in [-0.25, -0.2) is 4.79 Å². The van der Waals surface area contributed by atoms with Gasteiger partial charge in [0.05, 0.1) is 11.1 Å². The second-order valence-electron chi connectivity index (χ2n) is 10.6. The normalized spacial score (nSPS) is 20.1. The van der Waals surface area contributed by atoms with Gasteiger partial charge < -0.3 is 24.8 Å². The fraction of sp³-hybridized carbons (Fsp3) is 0.357. The second kappa shape index (κ2) is 8.55. The Labute approximate surface area is 213 Å². The highest BCUT2D eigenvalue weighted by Gasteiger charge is 2.36. The summed E-state index contributed by atoms with van der Waals surface area (Å²) < 4.78 is 16.3. The van der Waals surface area contributed by atoms with Crippen LogP contribution in [-0.4, -0.2) is 18.7 Å². The Balaban J connectivity index is 1.20. The van der Waals surface area contributed by atoms with E-state index in [1.54, 1.807) is 41.7 Å². The van der Waals surface area contributed by atoms with Crippen LogP contribution in [0.15, 0.2) is 42.5 Å². The van der Waals surface area contributed by atoms with Gasteiger partial charge in [-0.15, -0.1) is 11.3 Å². The van der Waals surface area contributed by atoms with Crippen molar-refractivity contribution in [1.82, 2.24) is 5.32 Å². The first-order chi connectivity index (χ1) is 17.3. The quantitative estimate of drug-likeness (QED) is 0.352. The van der Waals surface area contributed by atoms with Gasteiger partial charge in [0.2, 0.25) is 6.79 Å². The topological polar surface area (TPSA) is 85.9 Å². The zero-order valence-electron chi connectivity index (χ0n) is 20.5. The van der Waals surface area contributed by atoms with Crippen LogP contribution in [-0.2, 0) is 12.8 Å². The summed E-state index contributed by atoms with van der Waals surface area (Å²) >= 11 is 1.70. The SMILES string of the molecule is CC(C)(C)[C@@H]1CCc2c(sc3c2C(=O)N[C@@H](c2cccc(OC(=O)c4ccc5c(c4)OCO5)c2)N3)C1. The van der Waals surface area contributed by atoms with Crippen molar-refractivity contribution in [2.45, 2.75) is 46.2 Å². The van der Waals surface area contributed by atoms with E-state index in [-0.39, 0.29) is 18.1 Å². The van der Waals surface area contributed by atoms with Crippen LogP contribution >= 0.6 is 11.3 Å². The lowest BCUT2D eigenvalue weighted by Gasteiger charge is -2.34. The summed E-state index contributed by atoms with van der Waals surface area (Å²) in [5, 5.41) is 7.53. The summed E-state index contributed by atoms with van der Waals surface area (Å²) in [6.45, 7) is 7.03. The number of esters is 1. The predicted octanol–water partition coefficient (Wildman–Crippen LogP) is 5.70. The van der Waals surface area contributed by atoms with Crippen molar-refractivity contribution in [3.8, 4) is 17.2 Å². The van der Waals surface area contributed by atoms with E-state index < -0.39 is 12.1 Å². The summed E-state index contributed by atoms with van der Waals surface area (Å²) in [5.41, 5.74) is 3.42. The number of fused-ring (bicyclic) bond motifs is 4. The molecular weight excluding hydrogens is 476 g/mol. The van der Waals surface area contributed by atoms with E-state index in [4.69, 9.17) is 14.2 Å². The summed E-state index contributed by atoms with van der Waals surface area (Å²) in [4.78, 5) is 27.2. The van der Waals surface area contributed by atoms with Crippen molar-refractivity contribution in [2.24, 2.45) is 11.3 Å². The molecule has 2 aliphatic heterocycles. The lowest BCUT2D eigenvalue weighted by molar-refractivity contribution is 0.0733. The van der Waals surface area contributed by atoms with Crippen molar-refractivity contribution in [3.05, 3.63) is 69.6 Å². The number of carbonyl (C=O) groups excluding carboxylic acids is 2. The Morgan fingerprint density at radius 3 is 2.75 bits per heavy atom. The molecule has 0 bridgehead atoms. The molecule has 0 spiro atoms. The lowest BCUT2D eigenvalue weighted by Crippen LogP contribution is -2.38. The van der Waals surface area contributed by atoms with Crippen molar-refractivity contribution < 1.29 is 23.8 Å². The highest BCUT2D eigenvalue weighted by Crippen LogP contribution is 2.46.